The van der Waals surface area contributed by atoms with Gasteiger partial charge in [-0.2, -0.15) is 15.1 Å². The summed E-state index contributed by atoms with van der Waals surface area (Å²) in [5.74, 6) is 0.407. The van der Waals surface area contributed by atoms with Crippen molar-refractivity contribution in [1.29, 1.82) is 0 Å². The van der Waals surface area contributed by atoms with Gasteiger partial charge in [-0.3, -0.25) is 0 Å². The lowest BCUT2D eigenvalue weighted by atomic mass is 10.3. The van der Waals surface area contributed by atoms with Crippen LogP contribution in [0.2, 0.25) is 5.02 Å². The van der Waals surface area contributed by atoms with Crippen LogP contribution in [0.3, 0.4) is 0 Å². The summed E-state index contributed by atoms with van der Waals surface area (Å²) in [7, 11) is 0. The Morgan fingerprint density at radius 3 is 2.67 bits per heavy atom. The third-order valence-electron chi connectivity index (χ3n) is 2.56. The standard InChI is InChI=1S/C11H9ClN6/c12-7-3-1-2-4-8(7)18-10-6(5-15-18)9(13)16-11(14)17-10/h1-5H,(H4,13,14,16,17). The van der Waals surface area contributed by atoms with Crippen molar-refractivity contribution < 1.29 is 0 Å². The third-order valence-corrected chi connectivity index (χ3v) is 2.88. The summed E-state index contributed by atoms with van der Waals surface area (Å²) >= 11 is 6.13. The van der Waals surface area contributed by atoms with Crippen molar-refractivity contribution in [2.45, 2.75) is 0 Å². The number of rotatable bonds is 1. The molecule has 0 saturated heterocycles. The van der Waals surface area contributed by atoms with Crippen LogP contribution in [0.1, 0.15) is 0 Å². The Labute approximate surface area is 107 Å². The van der Waals surface area contributed by atoms with Crippen LogP contribution in [0.4, 0.5) is 11.8 Å². The Kier molecular flexibility index (Phi) is 2.31. The average Bonchev–Trinajstić information content (AvgIpc) is 2.73. The fraction of sp³-hybridized carbons (Fsp3) is 0. The number of aromatic nitrogens is 4. The molecule has 7 heteroatoms. The topological polar surface area (TPSA) is 95.6 Å². The highest BCUT2D eigenvalue weighted by Crippen LogP contribution is 2.25. The van der Waals surface area contributed by atoms with Crippen LogP contribution in [0, 0.1) is 0 Å². The van der Waals surface area contributed by atoms with E-state index < -0.39 is 0 Å². The van der Waals surface area contributed by atoms with E-state index in [0.29, 0.717) is 27.6 Å². The molecule has 1 aromatic carbocycles. The zero-order valence-electron chi connectivity index (χ0n) is 9.21. The first-order valence-electron chi connectivity index (χ1n) is 5.18. The van der Waals surface area contributed by atoms with E-state index in [2.05, 4.69) is 15.1 Å². The molecule has 90 valence electrons. The van der Waals surface area contributed by atoms with Crippen molar-refractivity contribution in [1.82, 2.24) is 19.7 Å². The molecule has 0 fully saturated rings. The molecule has 4 N–H and O–H groups in total. The van der Waals surface area contributed by atoms with Gasteiger partial charge in [-0.25, -0.2) is 4.68 Å². The van der Waals surface area contributed by atoms with Crippen LogP contribution in [-0.4, -0.2) is 19.7 Å². The first-order valence-corrected chi connectivity index (χ1v) is 5.56. The second-order valence-electron chi connectivity index (χ2n) is 3.71. The van der Waals surface area contributed by atoms with Crippen LogP contribution in [0.5, 0.6) is 0 Å². The van der Waals surface area contributed by atoms with Gasteiger partial charge in [-0.05, 0) is 12.1 Å². The van der Waals surface area contributed by atoms with Crippen LogP contribution < -0.4 is 11.5 Å². The molecule has 0 aliphatic rings. The van der Waals surface area contributed by atoms with Crippen LogP contribution in [-0.2, 0) is 0 Å². The summed E-state index contributed by atoms with van der Waals surface area (Å²) in [4.78, 5) is 8.03. The molecule has 18 heavy (non-hydrogen) atoms. The van der Waals surface area contributed by atoms with E-state index in [1.165, 1.54) is 0 Å². The number of fused-ring (bicyclic) bond motifs is 1. The molecule has 6 nitrogen and oxygen atoms in total. The highest BCUT2D eigenvalue weighted by molar-refractivity contribution is 6.32. The summed E-state index contributed by atoms with van der Waals surface area (Å²) < 4.78 is 1.59. The molecular formula is C11H9ClN6. The van der Waals surface area contributed by atoms with E-state index in [1.54, 1.807) is 16.9 Å². The van der Waals surface area contributed by atoms with E-state index >= 15 is 0 Å². The van der Waals surface area contributed by atoms with Crippen molar-refractivity contribution >= 4 is 34.4 Å². The quantitative estimate of drug-likeness (QED) is 0.693. The lowest BCUT2D eigenvalue weighted by molar-refractivity contribution is 0.896. The maximum Gasteiger partial charge on any atom is 0.224 e. The van der Waals surface area contributed by atoms with E-state index in [1.807, 2.05) is 18.2 Å². The fourth-order valence-electron chi connectivity index (χ4n) is 1.75. The Morgan fingerprint density at radius 1 is 1.11 bits per heavy atom. The number of nitrogens with two attached hydrogens (primary N) is 2. The molecule has 0 spiro atoms. The minimum Gasteiger partial charge on any atom is -0.383 e. The maximum atomic E-state index is 6.13. The van der Waals surface area contributed by atoms with E-state index in [9.17, 15) is 0 Å². The Balaban J connectivity index is 2.34. The molecule has 0 radical (unpaired) electrons. The van der Waals surface area contributed by atoms with E-state index in [4.69, 9.17) is 23.1 Å². The van der Waals surface area contributed by atoms with Gasteiger partial charge in [-0.1, -0.05) is 23.7 Å². The number of benzene rings is 1. The molecule has 0 amide bonds. The van der Waals surface area contributed by atoms with Crippen molar-refractivity contribution in [3.63, 3.8) is 0 Å². The largest absolute Gasteiger partial charge is 0.383 e. The fourth-order valence-corrected chi connectivity index (χ4v) is 1.96. The lowest BCUT2D eigenvalue weighted by Crippen LogP contribution is -2.03. The number of nitrogens with zero attached hydrogens (tertiary/aromatic N) is 4. The summed E-state index contributed by atoms with van der Waals surface area (Å²) in [5, 5.41) is 5.43. The third kappa shape index (κ3) is 1.54. The number of halogens is 1. The first-order chi connectivity index (χ1) is 8.66. The van der Waals surface area contributed by atoms with Crippen LogP contribution in [0.25, 0.3) is 16.7 Å². The van der Waals surface area contributed by atoms with Crippen LogP contribution in [0.15, 0.2) is 30.5 Å². The van der Waals surface area contributed by atoms with Gasteiger partial charge in [0.2, 0.25) is 5.95 Å². The molecule has 0 atom stereocenters. The van der Waals surface area contributed by atoms with E-state index in [-0.39, 0.29) is 5.95 Å². The van der Waals surface area contributed by atoms with Gasteiger partial charge in [-0.15, -0.1) is 0 Å². The minimum absolute atomic E-state index is 0.105. The highest BCUT2D eigenvalue weighted by Gasteiger charge is 2.12. The average molecular weight is 261 g/mol. The molecule has 0 bridgehead atoms. The number of hydrogen-bond donors (Lipinski definition) is 2. The van der Waals surface area contributed by atoms with Crippen molar-refractivity contribution in [2.75, 3.05) is 11.5 Å². The zero-order chi connectivity index (χ0) is 12.7. The van der Waals surface area contributed by atoms with Gasteiger partial charge >= 0.3 is 0 Å². The number of anilines is 2. The molecule has 2 aromatic heterocycles. The molecule has 0 aliphatic heterocycles. The van der Waals surface area contributed by atoms with Crippen LogP contribution >= 0.6 is 11.6 Å². The lowest BCUT2D eigenvalue weighted by Gasteiger charge is -2.05. The predicted molar refractivity (Wildman–Crippen MR) is 70.5 cm³/mol. The Bertz CT molecular complexity index is 735. The minimum atomic E-state index is 0.105. The summed E-state index contributed by atoms with van der Waals surface area (Å²) in [6.07, 6.45) is 1.59. The Hall–Kier alpha value is -2.34. The number of nitrogen functional groups attached to an aromatic ring is 2. The van der Waals surface area contributed by atoms with Crippen molar-refractivity contribution in [3.8, 4) is 5.69 Å². The van der Waals surface area contributed by atoms with Crippen molar-refractivity contribution in [3.05, 3.63) is 35.5 Å². The normalized spacial score (nSPS) is 10.9. The summed E-state index contributed by atoms with van der Waals surface area (Å²) in [6, 6.07) is 7.32. The highest BCUT2D eigenvalue weighted by atomic mass is 35.5. The predicted octanol–water partition coefficient (Wildman–Crippen LogP) is 1.63. The van der Waals surface area contributed by atoms with Gasteiger partial charge in [0.05, 0.1) is 22.3 Å². The second-order valence-corrected chi connectivity index (χ2v) is 4.12. The first kappa shape index (κ1) is 10.8. The van der Waals surface area contributed by atoms with Gasteiger partial charge in [0, 0.05) is 0 Å². The summed E-state index contributed by atoms with van der Waals surface area (Å²) in [6.45, 7) is 0. The smallest absolute Gasteiger partial charge is 0.224 e. The van der Waals surface area contributed by atoms with Gasteiger partial charge in [0.25, 0.3) is 0 Å². The van der Waals surface area contributed by atoms with E-state index in [0.717, 1.165) is 0 Å². The number of para-hydroxylation sites is 1. The molecule has 3 aromatic rings. The molecular weight excluding hydrogens is 252 g/mol. The Morgan fingerprint density at radius 2 is 1.89 bits per heavy atom. The van der Waals surface area contributed by atoms with Crippen molar-refractivity contribution in [2.24, 2.45) is 0 Å². The van der Waals surface area contributed by atoms with Gasteiger partial charge in [0.1, 0.15) is 5.82 Å². The maximum absolute atomic E-state index is 6.13. The molecule has 0 saturated carbocycles. The monoisotopic (exact) mass is 260 g/mol. The summed E-state index contributed by atoms with van der Waals surface area (Å²) in [5.41, 5.74) is 12.6. The molecule has 3 rings (SSSR count). The molecule has 0 aliphatic carbocycles. The zero-order valence-corrected chi connectivity index (χ0v) is 9.96. The second kappa shape index (κ2) is 3.85. The molecule has 2 heterocycles. The number of hydrogen-bond acceptors (Lipinski definition) is 5. The van der Waals surface area contributed by atoms with Gasteiger partial charge in [0.15, 0.2) is 5.65 Å². The van der Waals surface area contributed by atoms with Gasteiger partial charge < -0.3 is 11.5 Å². The SMILES string of the molecule is Nc1nc(N)c2cnn(-c3ccccc3Cl)c2n1. The molecule has 0 unspecified atom stereocenters.